The number of amides is 2. The van der Waals surface area contributed by atoms with Gasteiger partial charge in [-0.2, -0.15) is 0 Å². The third-order valence-electron chi connectivity index (χ3n) is 5.37. The molecule has 1 aliphatic heterocycles. The summed E-state index contributed by atoms with van der Waals surface area (Å²) in [5.74, 6) is 0.140. The molecule has 2 aliphatic rings. The fourth-order valence-electron chi connectivity index (χ4n) is 3.68. The van der Waals surface area contributed by atoms with Crippen LogP contribution in [0.4, 0.5) is 4.79 Å². The molecule has 0 N–H and O–H groups in total. The summed E-state index contributed by atoms with van der Waals surface area (Å²) in [4.78, 5) is 26.3. The van der Waals surface area contributed by atoms with E-state index in [2.05, 4.69) is 13.5 Å². The summed E-state index contributed by atoms with van der Waals surface area (Å²) in [6.45, 7) is 12.3. The molecular weight excluding hydrogens is 254 g/mol. The number of nitrogens with zero attached hydrogens (tertiary/aromatic N) is 1. The maximum absolute atomic E-state index is 13.0. The predicted octanol–water partition coefficient (Wildman–Crippen LogP) is 3.37. The first-order chi connectivity index (χ1) is 9.39. The molecule has 1 saturated carbocycles. The molecule has 20 heavy (non-hydrogen) atoms. The van der Waals surface area contributed by atoms with Crippen molar-refractivity contribution in [3.63, 3.8) is 0 Å². The number of hydrogen-bond acceptors (Lipinski definition) is 3. The van der Waals surface area contributed by atoms with Crippen molar-refractivity contribution in [3.05, 3.63) is 12.7 Å². The average Bonchev–Trinajstić information content (AvgIpc) is 2.97. The lowest BCUT2D eigenvalue weighted by Crippen LogP contribution is -2.46. The van der Waals surface area contributed by atoms with Gasteiger partial charge in [0.05, 0.1) is 11.5 Å². The molecule has 1 heterocycles. The summed E-state index contributed by atoms with van der Waals surface area (Å²) >= 11 is 0. The van der Waals surface area contributed by atoms with E-state index in [1.807, 2.05) is 26.8 Å². The van der Waals surface area contributed by atoms with Crippen molar-refractivity contribution >= 4 is 12.0 Å². The molecule has 0 aromatic rings. The molecule has 0 radical (unpaired) electrons. The monoisotopic (exact) mass is 279 g/mol. The van der Waals surface area contributed by atoms with Crippen LogP contribution in [0.15, 0.2) is 12.7 Å². The quantitative estimate of drug-likeness (QED) is 0.725. The second-order valence-electron chi connectivity index (χ2n) is 6.39. The first-order valence-electron chi connectivity index (χ1n) is 7.53. The Morgan fingerprint density at radius 2 is 2.15 bits per heavy atom. The Labute approximate surface area is 121 Å². The smallest absolute Gasteiger partial charge is 0.417 e. The minimum Gasteiger partial charge on any atom is -0.447 e. The molecule has 3 atom stereocenters. The van der Waals surface area contributed by atoms with Gasteiger partial charge in [-0.25, -0.2) is 9.69 Å². The molecule has 4 heteroatoms. The second kappa shape index (κ2) is 4.90. The third-order valence-corrected chi connectivity index (χ3v) is 5.37. The lowest BCUT2D eigenvalue weighted by molar-refractivity contribution is -0.136. The van der Waals surface area contributed by atoms with Crippen molar-refractivity contribution in [2.45, 2.75) is 53.0 Å². The molecule has 1 saturated heterocycles. The zero-order valence-corrected chi connectivity index (χ0v) is 12.9. The van der Waals surface area contributed by atoms with Crippen LogP contribution >= 0.6 is 0 Å². The number of carbonyl (C=O) groups is 2. The Morgan fingerprint density at radius 3 is 2.55 bits per heavy atom. The Kier molecular flexibility index (Phi) is 3.69. The number of imide groups is 1. The van der Waals surface area contributed by atoms with E-state index in [-0.39, 0.29) is 23.3 Å². The van der Waals surface area contributed by atoms with Crippen molar-refractivity contribution in [2.75, 3.05) is 6.61 Å². The third kappa shape index (κ3) is 1.80. The summed E-state index contributed by atoms with van der Waals surface area (Å²) in [6, 6.07) is -0.140. The number of allylic oxidation sites excluding steroid dienone is 1. The normalized spacial score (nSPS) is 36.1. The summed E-state index contributed by atoms with van der Waals surface area (Å²) in [5.41, 5.74) is -0.608. The lowest BCUT2D eigenvalue weighted by Gasteiger charge is -2.29. The molecule has 0 aromatic heterocycles. The van der Waals surface area contributed by atoms with E-state index in [9.17, 15) is 9.59 Å². The van der Waals surface area contributed by atoms with Crippen LogP contribution in [-0.2, 0) is 9.53 Å². The topological polar surface area (TPSA) is 46.6 Å². The molecule has 2 fully saturated rings. The van der Waals surface area contributed by atoms with Crippen molar-refractivity contribution < 1.29 is 14.3 Å². The molecule has 0 unspecified atom stereocenters. The highest BCUT2D eigenvalue weighted by molar-refractivity contribution is 5.99. The van der Waals surface area contributed by atoms with E-state index in [1.54, 1.807) is 0 Å². The van der Waals surface area contributed by atoms with Gasteiger partial charge in [-0.1, -0.05) is 33.8 Å². The molecule has 1 aliphatic carbocycles. The van der Waals surface area contributed by atoms with Gasteiger partial charge >= 0.3 is 6.09 Å². The highest BCUT2D eigenvalue weighted by atomic mass is 16.6. The predicted molar refractivity (Wildman–Crippen MR) is 77.1 cm³/mol. The van der Waals surface area contributed by atoms with Gasteiger partial charge in [-0.05, 0) is 25.2 Å². The Balaban J connectivity index is 2.31. The van der Waals surface area contributed by atoms with Gasteiger partial charge in [0.1, 0.15) is 6.61 Å². The number of hydrogen-bond donors (Lipinski definition) is 0. The molecule has 0 aromatic carbocycles. The van der Waals surface area contributed by atoms with E-state index < -0.39 is 11.5 Å². The fourth-order valence-corrected chi connectivity index (χ4v) is 3.68. The Hall–Kier alpha value is -1.32. The molecule has 2 rings (SSSR count). The molecule has 2 amide bonds. The summed E-state index contributed by atoms with van der Waals surface area (Å²) in [7, 11) is 0. The van der Waals surface area contributed by atoms with Crippen molar-refractivity contribution in [1.82, 2.24) is 4.90 Å². The van der Waals surface area contributed by atoms with E-state index in [4.69, 9.17) is 4.74 Å². The van der Waals surface area contributed by atoms with Crippen LogP contribution in [0.5, 0.6) is 0 Å². The molecule has 0 spiro atoms. The highest BCUT2D eigenvalue weighted by Gasteiger charge is 2.70. The summed E-state index contributed by atoms with van der Waals surface area (Å²) in [6.07, 6.45) is 3.83. The molecule has 0 bridgehead atoms. The van der Waals surface area contributed by atoms with Gasteiger partial charge in [0, 0.05) is 5.41 Å². The second-order valence-corrected chi connectivity index (χ2v) is 6.39. The van der Waals surface area contributed by atoms with Crippen LogP contribution in [-0.4, -0.2) is 29.5 Å². The van der Waals surface area contributed by atoms with Crippen LogP contribution in [0.1, 0.15) is 47.0 Å². The van der Waals surface area contributed by atoms with Gasteiger partial charge in [0.2, 0.25) is 5.91 Å². The number of rotatable bonds is 5. The van der Waals surface area contributed by atoms with Gasteiger partial charge in [-0.15, -0.1) is 6.58 Å². The number of cyclic esters (lactones) is 1. The van der Waals surface area contributed by atoms with Crippen molar-refractivity contribution in [3.8, 4) is 0 Å². The first-order valence-corrected chi connectivity index (χ1v) is 7.53. The Morgan fingerprint density at radius 1 is 1.50 bits per heavy atom. The Bertz CT molecular complexity index is 445. The van der Waals surface area contributed by atoms with Crippen molar-refractivity contribution in [1.29, 1.82) is 0 Å². The average molecular weight is 279 g/mol. The maximum Gasteiger partial charge on any atom is 0.417 e. The zero-order chi connectivity index (χ0) is 15.1. The van der Waals surface area contributed by atoms with Crippen LogP contribution in [0.2, 0.25) is 0 Å². The summed E-state index contributed by atoms with van der Waals surface area (Å²) in [5, 5.41) is 0. The van der Waals surface area contributed by atoms with Gasteiger partial charge in [0.15, 0.2) is 0 Å². The van der Waals surface area contributed by atoms with Crippen molar-refractivity contribution in [2.24, 2.45) is 16.7 Å². The standard InChI is InChI=1S/C16H25NO3/c1-6-15(7-2)10-16(15,8-3)13(18)17-12(11(4)5)9-20-14(17)19/h6,11-12H,1,7-10H2,2-5H3/t12-,15+,16+/m1/s1. The zero-order valence-electron chi connectivity index (χ0n) is 12.9. The molecular formula is C16H25NO3. The maximum atomic E-state index is 13.0. The fraction of sp³-hybridized carbons (Fsp3) is 0.750. The summed E-state index contributed by atoms with van der Waals surface area (Å²) < 4.78 is 5.10. The van der Waals surface area contributed by atoms with E-state index in [1.165, 1.54) is 4.90 Å². The minimum absolute atomic E-state index is 0.0667. The van der Waals surface area contributed by atoms with Crippen LogP contribution in [0, 0.1) is 16.7 Å². The van der Waals surface area contributed by atoms with E-state index in [0.29, 0.717) is 6.61 Å². The number of ether oxygens (including phenoxy) is 1. The first kappa shape index (κ1) is 15.1. The minimum atomic E-state index is -0.484. The van der Waals surface area contributed by atoms with Gasteiger partial charge in [-0.3, -0.25) is 4.79 Å². The van der Waals surface area contributed by atoms with Gasteiger partial charge < -0.3 is 4.74 Å². The van der Waals surface area contributed by atoms with Crippen LogP contribution in [0.25, 0.3) is 0 Å². The van der Waals surface area contributed by atoms with Crippen LogP contribution in [0.3, 0.4) is 0 Å². The van der Waals surface area contributed by atoms with E-state index >= 15 is 0 Å². The number of carbonyl (C=O) groups excluding carboxylic acids is 2. The van der Waals surface area contributed by atoms with Crippen LogP contribution < -0.4 is 0 Å². The highest BCUT2D eigenvalue weighted by Crippen LogP contribution is 2.69. The van der Waals surface area contributed by atoms with Gasteiger partial charge in [0.25, 0.3) is 0 Å². The molecule has 112 valence electrons. The SMILES string of the molecule is C=C[C@]1(CC)C[C@@]1(CC)C(=O)N1C(=O)OC[C@@H]1C(C)C. The molecule has 4 nitrogen and oxygen atoms in total. The largest absolute Gasteiger partial charge is 0.447 e. The van der Waals surface area contributed by atoms with E-state index in [0.717, 1.165) is 19.3 Å². The lowest BCUT2D eigenvalue weighted by atomic mass is 9.86.